The Balaban J connectivity index is 1.42. The van der Waals surface area contributed by atoms with Crippen LogP contribution in [0.4, 0.5) is 4.39 Å². The van der Waals surface area contributed by atoms with Crippen LogP contribution in [-0.4, -0.2) is 68.7 Å². The maximum Gasteiger partial charge on any atom is 0.230 e. The highest BCUT2D eigenvalue weighted by Gasteiger charge is 2.46. The second kappa shape index (κ2) is 8.44. The summed E-state index contributed by atoms with van der Waals surface area (Å²) >= 11 is 6.54. The van der Waals surface area contributed by atoms with Crippen LogP contribution in [0.1, 0.15) is 19.3 Å². The predicted octanol–water partition coefficient (Wildman–Crippen LogP) is -2.00. The molecule has 4 rings (SSSR count). The summed E-state index contributed by atoms with van der Waals surface area (Å²) in [6, 6.07) is 0.0196. The molecule has 8 nitrogen and oxygen atoms in total. The molecule has 0 saturated carbocycles. The fourth-order valence-electron chi connectivity index (χ4n) is 5.18. The number of nitrogens with two attached hydrogens (primary N) is 1. The second-order valence-electron chi connectivity index (χ2n) is 8.26. The van der Waals surface area contributed by atoms with Gasteiger partial charge in [-0.2, -0.15) is 0 Å². The van der Waals surface area contributed by atoms with E-state index in [9.17, 15) is 9.18 Å². The molecule has 9 atom stereocenters. The van der Waals surface area contributed by atoms with Crippen molar-refractivity contribution in [2.75, 3.05) is 32.7 Å². The summed E-state index contributed by atoms with van der Waals surface area (Å²) in [4.78, 5) is 13.1. The van der Waals surface area contributed by atoms with Gasteiger partial charge >= 0.3 is 0 Å². The number of hydrogen-bond donors (Lipinski definition) is 6. The Morgan fingerprint density at radius 3 is 2.89 bits per heavy atom. The minimum Gasteiger partial charge on any atom is -0.436 e. The van der Waals surface area contributed by atoms with Crippen LogP contribution in [0.2, 0.25) is 0 Å². The van der Waals surface area contributed by atoms with Gasteiger partial charge in [0.2, 0.25) is 5.91 Å². The molecule has 27 heavy (non-hydrogen) atoms. The molecule has 0 aliphatic carbocycles. The Hall–Kier alpha value is -0.550. The first-order valence-electron chi connectivity index (χ1n) is 10.1. The number of halogens is 2. The van der Waals surface area contributed by atoms with Gasteiger partial charge in [0, 0.05) is 19.1 Å². The summed E-state index contributed by atoms with van der Waals surface area (Å²) in [5.74, 6) is 0.103. The summed E-state index contributed by atoms with van der Waals surface area (Å²) in [5.41, 5.74) is 10.4. The van der Waals surface area contributed by atoms with Crippen LogP contribution in [-0.2, 0) is 4.79 Å². The molecule has 9 unspecified atom stereocenters. The average molecular weight is 404 g/mol. The van der Waals surface area contributed by atoms with Crippen molar-refractivity contribution in [1.29, 1.82) is 0 Å². The number of fused-ring (bicyclic) bond motifs is 1. The Bertz CT molecular complexity index is 543. The molecular formula is C17H31ClFN7O. The van der Waals surface area contributed by atoms with E-state index in [0.29, 0.717) is 16.8 Å². The lowest BCUT2D eigenvalue weighted by Crippen LogP contribution is -3.15. The van der Waals surface area contributed by atoms with Gasteiger partial charge in [-0.3, -0.25) is 10.1 Å². The summed E-state index contributed by atoms with van der Waals surface area (Å²) in [6.45, 7) is 3.14. The number of hydrogen-bond acceptors (Lipinski definition) is 5. The molecule has 1 amide bonds. The Morgan fingerprint density at radius 2 is 2.07 bits per heavy atom. The van der Waals surface area contributed by atoms with Gasteiger partial charge < -0.3 is 32.1 Å². The highest BCUT2D eigenvalue weighted by molar-refractivity contribution is 6.20. The average Bonchev–Trinajstić information content (AvgIpc) is 2.97. The van der Waals surface area contributed by atoms with E-state index in [4.69, 9.17) is 17.3 Å². The molecule has 4 aliphatic heterocycles. The fraction of sp³-hybridized carbons (Fsp3) is 0.941. The zero-order valence-electron chi connectivity index (χ0n) is 15.5. The molecule has 4 saturated heterocycles. The first-order valence-corrected chi connectivity index (χ1v) is 10.6. The predicted molar refractivity (Wildman–Crippen MR) is 101 cm³/mol. The summed E-state index contributed by atoms with van der Waals surface area (Å²) in [5, 5.41) is 13.8. The van der Waals surface area contributed by atoms with Gasteiger partial charge in [0.25, 0.3) is 0 Å². The Morgan fingerprint density at radius 1 is 1.22 bits per heavy atom. The second-order valence-corrected chi connectivity index (χ2v) is 8.73. The minimum absolute atomic E-state index is 0.0196. The Kier molecular flexibility index (Phi) is 6.18. The zero-order chi connectivity index (χ0) is 19.0. The lowest BCUT2D eigenvalue weighted by molar-refractivity contribution is -0.891. The van der Waals surface area contributed by atoms with Crippen molar-refractivity contribution in [3.63, 3.8) is 0 Å². The van der Waals surface area contributed by atoms with Gasteiger partial charge in [-0.1, -0.05) is 0 Å². The van der Waals surface area contributed by atoms with Crippen molar-refractivity contribution >= 4 is 17.5 Å². The number of nitrogens with one attached hydrogen (secondary N) is 5. The fourth-order valence-corrected chi connectivity index (χ4v) is 5.60. The quantitative estimate of drug-likeness (QED) is 0.241. The Labute approximate surface area is 164 Å². The lowest BCUT2D eigenvalue weighted by atomic mass is 9.77. The number of piperidine rings is 2. The van der Waals surface area contributed by atoms with Gasteiger partial charge in [0.05, 0.1) is 5.50 Å². The maximum absolute atomic E-state index is 13.6. The van der Waals surface area contributed by atoms with Crippen LogP contribution in [0.25, 0.3) is 5.43 Å². The van der Waals surface area contributed by atoms with Crippen LogP contribution in [0.5, 0.6) is 0 Å². The zero-order valence-corrected chi connectivity index (χ0v) is 16.2. The molecule has 0 radical (unpaired) electrons. The van der Waals surface area contributed by atoms with E-state index >= 15 is 0 Å². The van der Waals surface area contributed by atoms with E-state index in [1.165, 1.54) is 0 Å². The molecule has 0 bridgehead atoms. The summed E-state index contributed by atoms with van der Waals surface area (Å²) < 4.78 is 13.6. The molecule has 0 aromatic rings. The summed E-state index contributed by atoms with van der Waals surface area (Å²) in [7, 11) is 0. The lowest BCUT2D eigenvalue weighted by Gasteiger charge is -2.42. The molecule has 4 fully saturated rings. The van der Waals surface area contributed by atoms with Crippen LogP contribution >= 0.6 is 11.6 Å². The molecule has 0 aromatic carbocycles. The molecule has 0 aromatic heterocycles. The van der Waals surface area contributed by atoms with E-state index in [1.807, 2.05) is 0 Å². The van der Waals surface area contributed by atoms with Crippen molar-refractivity contribution < 1.29 is 14.2 Å². The molecule has 4 aliphatic rings. The highest BCUT2D eigenvalue weighted by Crippen LogP contribution is 2.33. The normalized spacial score (nSPS) is 48.0. The third kappa shape index (κ3) is 4.10. The van der Waals surface area contributed by atoms with E-state index in [2.05, 4.69) is 26.7 Å². The first kappa shape index (κ1) is 19.8. The molecule has 0 spiro atoms. The largest absolute Gasteiger partial charge is 0.436 e. The standard InChI is InChI=1S/C17H31ClFN7O/c18-14-11(2-1-4-22-14)10-3-5-21-7-12(10)24-17(27)13-15(20)25-26-8-9(19)6-23-16(13)26/h9-16,21-23,26H,1-8,20H2,(H,24,27). The van der Waals surface area contributed by atoms with Gasteiger partial charge in [-0.05, 0) is 50.4 Å². The van der Waals surface area contributed by atoms with Crippen LogP contribution in [0, 0.1) is 17.8 Å². The number of quaternary nitrogens is 1. The number of carbonyl (C=O) groups excluding carboxylic acids is 1. The van der Waals surface area contributed by atoms with Crippen molar-refractivity contribution in [3.8, 4) is 0 Å². The topological polar surface area (TPSA) is 110 Å². The maximum atomic E-state index is 13.6. The van der Waals surface area contributed by atoms with Crippen molar-refractivity contribution in [3.05, 3.63) is 5.43 Å². The molecule has 4 heterocycles. The third-order valence-corrected chi connectivity index (χ3v) is 7.01. The highest BCUT2D eigenvalue weighted by atomic mass is 35.5. The number of nitrogens with zero attached hydrogens (tertiary/aromatic N) is 1. The van der Waals surface area contributed by atoms with Gasteiger partial charge in [0.1, 0.15) is 18.6 Å². The molecular weight excluding hydrogens is 373 g/mol. The van der Waals surface area contributed by atoms with Crippen LogP contribution in [0.15, 0.2) is 0 Å². The SMILES string of the molecule is NC1[N-][NH+]2CC(F)CNC2C1C(=O)NC1CNCCC1C1CCCNC1Cl. The third-order valence-electron chi connectivity index (χ3n) is 6.54. The molecule has 7 N–H and O–H groups in total. The van der Waals surface area contributed by atoms with Gasteiger partial charge in [-0.25, -0.2) is 4.39 Å². The van der Waals surface area contributed by atoms with Gasteiger partial charge in [-0.15, -0.1) is 11.6 Å². The van der Waals surface area contributed by atoms with Crippen molar-refractivity contribution in [1.82, 2.24) is 21.3 Å². The number of rotatable bonds is 3. The summed E-state index contributed by atoms with van der Waals surface area (Å²) in [6.07, 6.45) is 1.36. The van der Waals surface area contributed by atoms with Crippen molar-refractivity contribution in [2.45, 2.75) is 49.3 Å². The molecule has 10 heteroatoms. The van der Waals surface area contributed by atoms with E-state index in [0.717, 1.165) is 38.9 Å². The van der Waals surface area contributed by atoms with Crippen molar-refractivity contribution in [2.24, 2.45) is 23.5 Å². The monoisotopic (exact) mass is 403 g/mol. The number of alkyl halides is 2. The first-order chi connectivity index (χ1) is 13.0. The van der Waals surface area contributed by atoms with E-state index in [-0.39, 0.29) is 36.7 Å². The van der Waals surface area contributed by atoms with E-state index < -0.39 is 18.3 Å². The number of carbonyl (C=O) groups is 1. The van der Waals surface area contributed by atoms with Crippen LogP contribution < -0.4 is 32.0 Å². The smallest absolute Gasteiger partial charge is 0.230 e. The van der Waals surface area contributed by atoms with Gasteiger partial charge in [0.15, 0.2) is 6.17 Å². The molecule has 154 valence electrons. The van der Waals surface area contributed by atoms with Crippen LogP contribution in [0.3, 0.4) is 0 Å². The van der Waals surface area contributed by atoms with E-state index in [1.54, 1.807) is 0 Å². The minimum atomic E-state index is -0.958. The number of amides is 1.